The summed E-state index contributed by atoms with van der Waals surface area (Å²) in [5.74, 6) is -0.0200. The number of carboxylic acids is 1. The van der Waals surface area contributed by atoms with Gasteiger partial charge in [-0.1, -0.05) is 0 Å². The SMILES string of the molecule is Cc1nnnn1CCC(=O)N1CCCC(c2ccn(CC(=O)O)n2)C1. The number of aryl methyl sites for hydroxylation is 2. The number of hydrogen-bond donors (Lipinski definition) is 1. The third-order valence-electron chi connectivity index (χ3n) is 4.40. The molecule has 1 unspecified atom stereocenters. The maximum atomic E-state index is 12.5. The summed E-state index contributed by atoms with van der Waals surface area (Å²) >= 11 is 0. The van der Waals surface area contributed by atoms with Crippen LogP contribution in [0.1, 0.15) is 36.7 Å². The molecule has 3 rings (SSSR count). The molecule has 1 N–H and O–H groups in total. The summed E-state index contributed by atoms with van der Waals surface area (Å²) in [6.45, 7) is 3.46. The summed E-state index contributed by atoms with van der Waals surface area (Å²) in [6, 6.07) is 1.84. The molecular formula is C15H21N7O3. The van der Waals surface area contributed by atoms with Crippen molar-refractivity contribution in [2.45, 2.75) is 45.2 Å². The second-order valence-corrected chi connectivity index (χ2v) is 6.21. The van der Waals surface area contributed by atoms with Crippen molar-refractivity contribution >= 4 is 11.9 Å². The van der Waals surface area contributed by atoms with E-state index in [9.17, 15) is 9.59 Å². The fourth-order valence-electron chi connectivity index (χ4n) is 3.08. The summed E-state index contributed by atoms with van der Waals surface area (Å²) < 4.78 is 3.03. The van der Waals surface area contributed by atoms with Crippen molar-refractivity contribution in [1.82, 2.24) is 34.9 Å². The van der Waals surface area contributed by atoms with E-state index in [0.29, 0.717) is 25.3 Å². The number of piperidine rings is 1. The normalized spacial score (nSPS) is 17.6. The Kier molecular flexibility index (Phi) is 5.05. The first-order valence-electron chi connectivity index (χ1n) is 8.28. The number of aromatic nitrogens is 6. The molecule has 10 nitrogen and oxygen atoms in total. The van der Waals surface area contributed by atoms with Crippen molar-refractivity contribution in [3.8, 4) is 0 Å². The molecule has 1 aliphatic rings. The zero-order valence-corrected chi connectivity index (χ0v) is 14.1. The van der Waals surface area contributed by atoms with Gasteiger partial charge in [-0.2, -0.15) is 5.10 Å². The van der Waals surface area contributed by atoms with Crippen LogP contribution >= 0.6 is 0 Å². The Morgan fingerprint density at radius 2 is 2.24 bits per heavy atom. The third kappa shape index (κ3) is 4.20. The molecule has 1 saturated heterocycles. The fraction of sp³-hybridized carbons (Fsp3) is 0.600. The summed E-state index contributed by atoms with van der Waals surface area (Å²) in [5, 5.41) is 24.4. The van der Waals surface area contributed by atoms with Crippen LogP contribution in [0.3, 0.4) is 0 Å². The van der Waals surface area contributed by atoms with E-state index in [-0.39, 0.29) is 18.4 Å². The second kappa shape index (κ2) is 7.41. The number of tetrazole rings is 1. The fourth-order valence-corrected chi connectivity index (χ4v) is 3.08. The maximum absolute atomic E-state index is 12.5. The van der Waals surface area contributed by atoms with Crippen molar-refractivity contribution in [3.63, 3.8) is 0 Å². The van der Waals surface area contributed by atoms with E-state index in [1.807, 2.05) is 11.0 Å². The van der Waals surface area contributed by atoms with Crippen LogP contribution in [0.5, 0.6) is 0 Å². The average Bonchev–Trinajstić information content (AvgIpc) is 3.21. The van der Waals surface area contributed by atoms with E-state index in [1.165, 1.54) is 4.68 Å². The molecule has 0 bridgehead atoms. The molecule has 1 amide bonds. The predicted molar refractivity (Wildman–Crippen MR) is 85.6 cm³/mol. The lowest BCUT2D eigenvalue weighted by atomic mass is 9.95. The molecule has 25 heavy (non-hydrogen) atoms. The number of carboxylic acid groups (broad SMARTS) is 1. The van der Waals surface area contributed by atoms with Crippen molar-refractivity contribution in [3.05, 3.63) is 23.8 Å². The summed E-state index contributed by atoms with van der Waals surface area (Å²) in [6.07, 6.45) is 3.88. The van der Waals surface area contributed by atoms with Crippen LogP contribution in [0.25, 0.3) is 0 Å². The van der Waals surface area contributed by atoms with E-state index in [2.05, 4.69) is 20.6 Å². The Hall–Kier alpha value is -2.78. The molecule has 1 aliphatic heterocycles. The topological polar surface area (TPSA) is 119 Å². The van der Waals surface area contributed by atoms with Gasteiger partial charge in [0.05, 0.1) is 12.2 Å². The smallest absolute Gasteiger partial charge is 0.325 e. The zero-order valence-electron chi connectivity index (χ0n) is 14.1. The standard InChI is InChI=1S/C15H21N7O3/c1-11-16-18-19-22(11)8-5-14(23)20-6-2-3-12(9-20)13-4-7-21(17-13)10-15(24)25/h4,7,12H,2-3,5-6,8-10H2,1H3,(H,24,25). The van der Waals surface area contributed by atoms with Gasteiger partial charge in [0.25, 0.3) is 0 Å². The molecule has 10 heteroatoms. The quantitative estimate of drug-likeness (QED) is 0.784. The van der Waals surface area contributed by atoms with E-state index in [1.54, 1.807) is 17.8 Å². The highest BCUT2D eigenvalue weighted by Gasteiger charge is 2.26. The van der Waals surface area contributed by atoms with Gasteiger partial charge >= 0.3 is 5.97 Å². The lowest BCUT2D eigenvalue weighted by Gasteiger charge is -2.32. The van der Waals surface area contributed by atoms with Gasteiger partial charge < -0.3 is 10.0 Å². The number of carbonyl (C=O) groups excluding carboxylic acids is 1. The average molecular weight is 347 g/mol. The monoisotopic (exact) mass is 347 g/mol. The number of hydrogen-bond acceptors (Lipinski definition) is 6. The zero-order chi connectivity index (χ0) is 17.8. The van der Waals surface area contributed by atoms with Crippen LogP contribution in [0, 0.1) is 6.92 Å². The summed E-state index contributed by atoms with van der Waals surface area (Å²) in [7, 11) is 0. The Labute approximate surface area is 144 Å². The van der Waals surface area contributed by atoms with Gasteiger partial charge in [-0.05, 0) is 36.3 Å². The van der Waals surface area contributed by atoms with Crippen molar-refractivity contribution in [1.29, 1.82) is 0 Å². The number of likely N-dealkylation sites (tertiary alicyclic amines) is 1. The maximum Gasteiger partial charge on any atom is 0.325 e. The van der Waals surface area contributed by atoms with Crippen LogP contribution in [0.4, 0.5) is 0 Å². The summed E-state index contributed by atoms with van der Waals surface area (Å²) in [5.41, 5.74) is 0.843. The molecule has 0 spiro atoms. The molecule has 0 radical (unpaired) electrons. The minimum absolute atomic E-state index is 0.0737. The Balaban J connectivity index is 1.57. The minimum atomic E-state index is -0.923. The number of rotatable bonds is 6. The lowest BCUT2D eigenvalue weighted by Crippen LogP contribution is -2.39. The van der Waals surface area contributed by atoms with E-state index in [4.69, 9.17) is 5.11 Å². The van der Waals surface area contributed by atoms with Crippen molar-refractivity contribution in [2.75, 3.05) is 13.1 Å². The third-order valence-corrected chi connectivity index (χ3v) is 4.40. The van der Waals surface area contributed by atoms with E-state index in [0.717, 1.165) is 25.1 Å². The Bertz CT molecular complexity index is 754. The Morgan fingerprint density at radius 1 is 1.40 bits per heavy atom. The molecule has 1 fully saturated rings. The Morgan fingerprint density at radius 3 is 2.96 bits per heavy atom. The van der Waals surface area contributed by atoms with Gasteiger partial charge in [0.15, 0.2) is 0 Å². The first-order chi connectivity index (χ1) is 12.0. The highest BCUT2D eigenvalue weighted by molar-refractivity contribution is 5.76. The van der Waals surface area contributed by atoms with Crippen LogP contribution in [-0.2, 0) is 22.7 Å². The predicted octanol–water partition coefficient (Wildman–Crippen LogP) is 0.0589. The first-order valence-corrected chi connectivity index (χ1v) is 8.28. The van der Waals surface area contributed by atoms with E-state index < -0.39 is 5.97 Å². The number of amides is 1. The van der Waals surface area contributed by atoms with Gasteiger partial charge in [0.1, 0.15) is 12.4 Å². The molecule has 2 aromatic rings. The summed E-state index contributed by atoms with van der Waals surface area (Å²) in [4.78, 5) is 25.1. The molecule has 2 aromatic heterocycles. The van der Waals surface area contributed by atoms with Crippen LogP contribution in [-0.4, -0.2) is 65.0 Å². The van der Waals surface area contributed by atoms with Crippen molar-refractivity contribution in [2.24, 2.45) is 0 Å². The van der Waals surface area contributed by atoms with E-state index >= 15 is 0 Å². The van der Waals surface area contributed by atoms with Crippen LogP contribution in [0.2, 0.25) is 0 Å². The molecule has 0 saturated carbocycles. The van der Waals surface area contributed by atoms with Crippen LogP contribution in [0.15, 0.2) is 12.3 Å². The molecule has 134 valence electrons. The lowest BCUT2D eigenvalue weighted by molar-refractivity contribution is -0.138. The molecule has 0 aliphatic carbocycles. The molecule has 0 aromatic carbocycles. The van der Waals surface area contributed by atoms with Crippen LogP contribution < -0.4 is 0 Å². The molecular weight excluding hydrogens is 326 g/mol. The number of nitrogens with zero attached hydrogens (tertiary/aromatic N) is 7. The van der Waals surface area contributed by atoms with Gasteiger partial charge in [-0.3, -0.25) is 14.3 Å². The second-order valence-electron chi connectivity index (χ2n) is 6.21. The van der Waals surface area contributed by atoms with Gasteiger partial charge in [-0.15, -0.1) is 5.10 Å². The van der Waals surface area contributed by atoms with Gasteiger partial charge in [0.2, 0.25) is 5.91 Å². The number of aliphatic carboxylic acids is 1. The highest BCUT2D eigenvalue weighted by Crippen LogP contribution is 2.26. The minimum Gasteiger partial charge on any atom is -0.480 e. The molecule has 3 heterocycles. The largest absolute Gasteiger partial charge is 0.480 e. The van der Waals surface area contributed by atoms with Crippen molar-refractivity contribution < 1.29 is 14.7 Å². The van der Waals surface area contributed by atoms with Gasteiger partial charge in [-0.25, -0.2) is 4.68 Å². The molecule has 1 atom stereocenters. The number of carbonyl (C=O) groups is 2. The highest BCUT2D eigenvalue weighted by atomic mass is 16.4. The van der Waals surface area contributed by atoms with Gasteiger partial charge in [0, 0.05) is 31.6 Å². The first kappa shape index (κ1) is 17.1.